The number of nitrogens with zero attached hydrogens (tertiary/aromatic N) is 6. The molecule has 0 atom stereocenters. The zero-order valence-electron chi connectivity index (χ0n) is 16.8. The molecular weight excluding hydrogens is 358 g/mol. The van der Waals surface area contributed by atoms with Crippen LogP contribution < -0.4 is 10.2 Å². The summed E-state index contributed by atoms with van der Waals surface area (Å²) in [6.07, 6.45) is 2.59. The molecule has 3 heterocycles. The van der Waals surface area contributed by atoms with Gasteiger partial charge in [0.15, 0.2) is 5.82 Å². The number of nitrogens with one attached hydrogen (secondary N) is 1. The first kappa shape index (κ1) is 20.0. The molecule has 0 radical (unpaired) electrons. The molecule has 0 bridgehead atoms. The molecular formula is C19H27N7O2. The number of aryl methyl sites for hydroxylation is 3. The number of hydrogen-bond acceptors (Lipinski definition) is 8. The summed E-state index contributed by atoms with van der Waals surface area (Å²) in [4.78, 5) is 15.6. The number of ether oxygens (including phenoxy) is 1. The van der Waals surface area contributed by atoms with E-state index in [9.17, 15) is 5.11 Å². The van der Waals surface area contributed by atoms with Gasteiger partial charge in [-0.1, -0.05) is 0 Å². The van der Waals surface area contributed by atoms with Crippen LogP contribution in [0.25, 0.3) is 11.0 Å². The summed E-state index contributed by atoms with van der Waals surface area (Å²) in [7, 11) is 3.54. The van der Waals surface area contributed by atoms with Gasteiger partial charge in [0.1, 0.15) is 16.9 Å². The molecule has 0 saturated heterocycles. The molecule has 0 saturated carbocycles. The third kappa shape index (κ3) is 4.37. The van der Waals surface area contributed by atoms with Crippen molar-refractivity contribution in [3.8, 4) is 0 Å². The maximum absolute atomic E-state index is 9.27. The van der Waals surface area contributed by atoms with E-state index in [0.717, 1.165) is 28.7 Å². The number of methoxy groups -OCH3 is 1. The van der Waals surface area contributed by atoms with Gasteiger partial charge in [0.05, 0.1) is 12.3 Å². The summed E-state index contributed by atoms with van der Waals surface area (Å²) in [6.45, 7) is 5.77. The first-order valence-corrected chi connectivity index (χ1v) is 9.29. The monoisotopic (exact) mass is 385 g/mol. The number of fused-ring (bicyclic) bond motifs is 1. The number of rotatable bonds is 9. The lowest BCUT2D eigenvalue weighted by Gasteiger charge is -2.17. The van der Waals surface area contributed by atoms with Crippen molar-refractivity contribution in [3.63, 3.8) is 0 Å². The topological polar surface area (TPSA) is 101 Å². The molecule has 3 aromatic rings. The predicted octanol–water partition coefficient (Wildman–Crippen LogP) is 2.05. The highest BCUT2D eigenvalue weighted by Gasteiger charge is 2.18. The van der Waals surface area contributed by atoms with Crippen LogP contribution in [0.4, 0.5) is 17.6 Å². The number of aliphatic hydroxyl groups excluding tert-OH is 1. The number of anilines is 3. The van der Waals surface area contributed by atoms with Crippen LogP contribution in [0.5, 0.6) is 0 Å². The van der Waals surface area contributed by atoms with E-state index >= 15 is 0 Å². The third-order valence-electron chi connectivity index (χ3n) is 4.40. The van der Waals surface area contributed by atoms with Crippen LogP contribution in [-0.2, 0) is 11.3 Å². The van der Waals surface area contributed by atoms with Crippen LogP contribution in [0.15, 0.2) is 18.3 Å². The smallest absolute Gasteiger partial charge is 0.227 e. The Morgan fingerprint density at radius 2 is 2.11 bits per heavy atom. The summed E-state index contributed by atoms with van der Waals surface area (Å²) in [6, 6.07) is 3.91. The van der Waals surface area contributed by atoms with Crippen LogP contribution in [0, 0.1) is 13.8 Å². The van der Waals surface area contributed by atoms with Crippen LogP contribution in [0.3, 0.4) is 0 Å². The lowest BCUT2D eigenvalue weighted by atomic mass is 10.3. The van der Waals surface area contributed by atoms with E-state index in [0.29, 0.717) is 37.3 Å². The summed E-state index contributed by atoms with van der Waals surface area (Å²) in [5.41, 5.74) is 3.54. The quantitative estimate of drug-likeness (QED) is 0.540. The van der Waals surface area contributed by atoms with Gasteiger partial charge in [0.2, 0.25) is 5.95 Å². The second-order valence-corrected chi connectivity index (χ2v) is 6.71. The Balaban J connectivity index is 2.09. The Bertz CT molecular complexity index is 941. The van der Waals surface area contributed by atoms with Gasteiger partial charge in [-0.25, -0.2) is 9.97 Å². The lowest BCUT2D eigenvalue weighted by Crippen LogP contribution is -2.23. The van der Waals surface area contributed by atoms with Crippen LogP contribution in [0.1, 0.15) is 17.7 Å². The standard InChI is InChI=1S/C19H27N7O2/c1-13-6-7-20-15(12-13)21-18-17-16(22-19(23-18)25(3)9-10-27)14(2)24-26(17)8-5-11-28-4/h6-7,12,27H,5,8-11H2,1-4H3,(H,20,21,22,23). The van der Waals surface area contributed by atoms with Gasteiger partial charge in [0.25, 0.3) is 0 Å². The third-order valence-corrected chi connectivity index (χ3v) is 4.40. The molecule has 0 aliphatic rings. The minimum absolute atomic E-state index is 0.0232. The fraction of sp³-hybridized carbons (Fsp3) is 0.474. The molecule has 0 fully saturated rings. The van der Waals surface area contributed by atoms with Crippen molar-refractivity contribution in [2.24, 2.45) is 0 Å². The molecule has 0 aliphatic heterocycles. The van der Waals surface area contributed by atoms with Crippen molar-refractivity contribution < 1.29 is 9.84 Å². The van der Waals surface area contributed by atoms with Crippen LogP contribution in [0.2, 0.25) is 0 Å². The Hall–Kier alpha value is -2.78. The molecule has 2 N–H and O–H groups in total. The van der Waals surface area contributed by atoms with Gasteiger partial charge in [-0.3, -0.25) is 4.68 Å². The molecule has 9 heteroatoms. The van der Waals surface area contributed by atoms with Gasteiger partial charge in [-0.15, -0.1) is 0 Å². The van der Waals surface area contributed by atoms with Crippen molar-refractivity contribution in [2.75, 3.05) is 44.1 Å². The first-order valence-electron chi connectivity index (χ1n) is 9.29. The lowest BCUT2D eigenvalue weighted by molar-refractivity contribution is 0.189. The van der Waals surface area contributed by atoms with Gasteiger partial charge >= 0.3 is 0 Å². The van der Waals surface area contributed by atoms with Gasteiger partial charge in [-0.2, -0.15) is 10.1 Å². The number of pyridine rings is 1. The number of aliphatic hydroxyl groups is 1. The van der Waals surface area contributed by atoms with Crippen molar-refractivity contribution in [1.82, 2.24) is 24.7 Å². The first-order chi connectivity index (χ1) is 13.5. The zero-order chi connectivity index (χ0) is 20.1. The maximum atomic E-state index is 9.27. The van der Waals surface area contributed by atoms with E-state index in [4.69, 9.17) is 14.7 Å². The van der Waals surface area contributed by atoms with E-state index in [1.807, 2.05) is 42.6 Å². The zero-order valence-corrected chi connectivity index (χ0v) is 16.8. The Morgan fingerprint density at radius 1 is 1.29 bits per heavy atom. The molecule has 28 heavy (non-hydrogen) atoms. The van der Waals surface area contributed by atoms with E-state index in [-0.39, 0.29) is 6.61 Å². The second-order valence-electron chi connectivity index (χ2n) is 6.71. The van der Waals surface area contributed by atoms with Gasteiger partial charge < -0.3 is 20.1 Å². The highest BCUT2D eigenvalue weighted by Crippen LogP contribution is 2.28. The Labute approximate surface area is 164 Å². The highest BCUT2D eigenvalue weighted by atomic mass is 16.5. The Kier molecular flexibility index (Phi) is 6.37. The van der Waals surface area contributed by atoms with Crippen LogP contribution in [-0.4, -0.2) is 63.8 Å². The second kappa shape index (κ2) is 8.94. The fourth-order valence-electron chi connectivity index (χ4n) is 2.97. The molecule has 150 valence electrons. The van der Waals surface area contributed by atoms with Crippen LogP contribution >= 0.6 is 0 Å². The summed E-state index contributed by atoms with van der Waals surface area (Å²) in [5.74, 6) is 1.87. The van der Waals surface area contributed by atoms with Gasteiger partial charge in [0, 0.05) is 40.1 Å². The summed E-state index contributed by atoms with van der Waals surface area (Å²) < 4.78 is 7.08. The summed E-state index contributed by atoms with van der Waals surface area (Å²) in [5, 5.41) is 17.3. The van der Waals surface area contributed by atoms with Crippen molar-refractivity contribution in [1.29, 1.82) is 0 Å². The largest absolute Gasteiger partial charge is 0.395 e. The molecule has 3 rings (SSSR count). The number of likely N-dealkylation sites (N-methyl/N-ethyl adjacent to an activating group) is 1. The molecule has 0 aliphatic carbocycles. The molecule has 0 spiro atoms. The van der Waals surface area contributed by atoms with E-state index < -0.39 is 0 Å². The average molecular weight is 385 g/mol. The minimum atomic E-state index is 0.0232. The molecule has 9 nitrogen and oxygen atoms in total. The maximum Gasteiger partial charge on any atom is 0.227 e. The molecule has 0 unspecified atom stereocenters. The fourth-order valence-corrected chi connectivity index (χ4v) is 2.97. The SMILES string of the molecule is COCCCn1nc(C)c2nc(N(C)CCO)nc(Nc3cc(C)ccn3)c21. The summed E-state index contributed by atoms with van der Waals surface area (Å²) >= 11 is 0. The molecule has 0 amide bonds. The molecule has 0 aromatic carbocycles. The number of hydrogen-bond donors (Lipinski definition) is 2. The minimum Gasteiger partial charge on any atom is -0.395 e. The normalized spacial score (nSPS) is 11.2. The number of aromatic nitrogens is 5. The molecule has 3 aromatic heterocycles. The van der Waals surface area contributed by atoms with E-state index in [2.05, 4.69) is 15.4 Å². The van der Waals surface area contributed by atoms with Crippen molar-refractivity contribution >= 4 is 28.6 Å². The van der Waals surface area contributed by atoms with E-state index in [1.54, 1.807) is 13.3 Å². The highest BCUT2D eigenvalue weighted by molar-refractivity contribution is 5.90. The average Bonchev–Trinajstić information content (AvgIpc) is 2.98. The predicted molar refractivity (Wildman–Crippen MR) is 109 cm³/mol. The van der Waals surface area contributed by atoms with E-state index in [1.165, 1.54) is 0 Å². The van der Waals surface area contributed by atoms with Crippen molar-refractivity contribution in [2.45, 2.75) is 26.8 Å². The van der Waals surface area contributed by atoms with Gasteiger partial charge in [-0.05, 0) is 38.0 Å². The van der Waals surface area contributed by atoms with Crippen molar-refractivity contribution in [3.05, 3.63) is 29.6 Å². The Morgan fingerprint density at radius 3 is 2.82 bits per heavy atom.